The number of hydrazine groups is 1. The minimum Gasteiger partial charge on any atom is -0.308 e. The molecule has 0 aromatic heterocycles. The minimum atomic E-state index is 0.790. The lowest BCUT2D eigenvalue weighted by atomic mass is 10.3. The number of nitrogens with one attached hydrogen (secondary N) is 2. The van der Waals surface area contributed by atoms with Crippen LogP contribution in [-0.4, -0.2) is 0 Å². The number of hydrogen-bond acceptors (Lipinski definition) is 2. The fourth-order valence-corrected chi connectivity index (χ4v) is 0.562. The van der Waals surface area contributed by atoms with Crippen LogP contribution in [0.5, 0.6) is 0 Å². The summed E-state index contributed by atoms with van der Waals surface area (Å²) in [5.41, 5.74) is 3.45. The molecule has 0 atom stereocenters. The van der Waals surface area contributed by atoms with E-state index in [1.165, 1.54) is 0 Å². The van der Waals surface area contributed by atoms with Crippen molar-refractivity contribution in [1.29, 1.82) is 0 Å². The molecule has 0 spiro atoms. The van der Waals surface area contributed by atoms with Gasteiger partial charge in [-0.2, -0.15) is 0 Å². The van der Waals surface area contributed by atoms with Gasteiger partial charge < -0.3 is 5.43 Å². The maximum absolute atomic E-state index is 5.19. The van der Waals surface area contributed by atoms with Gasteiger partial charge in [-0.05, 0) is 23.9 Å². The Bertz CT molecular complexity index is 183. The summed E-state index contributed by atoms with van der Waals surface area (Å²) in [6, 6.07) is 0. The van der Waals surface area contributed by atoms with E-state index in [2.05, 4.69) is 23.5 Å². The summed E-state index contributed by atoms with van der Waals surface area (Å²) < 4.78 is 0. The molecular formula is C8H11ClN2. The molecule has 0 fully saturated rings. The fraction of sp³-hybridized carbons (Fsp3) is 0. The third-order valence-corrected chi connectivity index (χ3v) is 1.03. The number of halogens is 1. The largest absolute Gasteiger partial charge is 0.308 e. The fourth-order valence-electron chi connectivity index (χ4n) is 0.453. The lowest BCUT2D eigenvalue weighted by molar-refractivity contribution is 0.823. The topological polar surface area (TPSA) is 24.1 Å². The van der Waals surface area contributed by atoms with Crippen molar-refractivity contribution in [2.24, 2.45) is 0 Å². The molecule has 0 aliphatic carbocycles. The van der Waals surface area contributed by atoms with E-state index in [-0.39, 0.29) is 0 Å². The summed E-state index contributed by atoms with van der Waals surface area (Å²) in [4.78, 5) is 2.27. The number of rotatable bonds is 5. The summed E-state index contributed by atoms with van der Waals surface area (Å²) in [5.74, 6) is 0. The summed E-state index contributed by atoms with van der Waals surface area (Å²) in [6.45, 7) is 7.09. The highest BCUT2D eigenvalue weighted by molar-refractivity contribution is 6.13. The predicted molar refractivity (Wildman–Crippen MR) is 49.7 cm³/mol. The molecule has 0 rings (SSSR count). The highest BCUT2D eigenvalue weighted by atomic mass is 35.5. The van der Waals surface area contributed by atoms with Crippen LogP contribution < -0.4 is 10.4 Å². The molecule has 0 saturated heterocycles. The highest BCUT2D eigenvalue weighted by Gasteiger charge is 1.82. The molecule has 2 nitrogen and oxygen atoms in total. The van der Waals surface area contributed by atoms with Crippen molar-refractivity contribution in [3.8, 4) is 0 Å². The quantitative estimate of drug-likeness (QED) is 0.375. The first-order valence-electron chi connectivity index (χ1n) is 3.08. The molecule has 0 unspecified atom stereocenters. The van der Waals surface area contributed by atoms with Crippen LogP contribution in [0.15, 0.2) is 49.2 Å². The molecule has 11 heavy (non-hydrogen) atoms. The summed E-state index contributed by atoms with van der Waals surface area (Å²) >= 11 is 5.19. The second-order valence-electron chi connectivity index (χ2n) is 1.67. The molecule has 0 amide bonds. The molecule has 0 radical (unpaired) electrons. The molecule has 3 heteroatoms. The zero-order valence-corrected chi connectivity index (χ0v) is 6.93. The van der Waals surface area contributed by atoms with Crippen molar-refractivity contribution in [2.75, 3.05) is 0 Å². The third-order valence-electron chi connectivity index (χ3n) is 0.934. The minimum absolute atomic E-state index is 0.790. The molecule has 0 heterocycles. The van der Waals surface area contributed by atoms with Gasteiger partial charge in [-0.1, -0.05) is 31.4 Å². The molecule has 60 valence electrons. The van der Waals surface area contributed by atoms with Crippen molar-refractivity contribution in [1.82, 2.24) is 10.4 Å². The van der Waals surface area contributed by atoms with Crippen molar-refractivity contribution in [2.45, 2.75) is 0 Å². The van der Waals surface area contributed by atoms with E-state index in [4.69, 9.17) is 11.8 Å². The second-order valence-corrected chi connectivity index (χ2v) is 1.86. The lowest BCUT2D eigenvalue weighted by Gasteiger charge is -1.99. The Morgan fingerprint density at radius 3 is 2.45 bits per heavy atom. The Kier molecular flexibility index (Phi) is 6.48. The zero-order valence-electron chi connectivity index (χ0n) is 6.18. The summed E-state index contributed by atoms with van der Waals surface area (Å²) in [6.07, 6.45) is 8.77. The predicted octanol–water partition coefficient (Wildman–Crippen LogP) is 2.05. The monoisotopic (exact) mass is 170 g/mol. The van der Waals surface area contributed by atoms with Gasteiger partial charge in [0.2, 0.25) is 0 Å². The normalized spacial score (nSPS) is 11.5. The molecule has 0 saturated carbocycles. The van der Waals surface area contributed by atoms with E-state index < -0.39 is 0 Å². The van der Waals surface area contributed by atoms with Gasteiger partial charge in [0.05, 0.1) is 0 Å². The van der Waals surface area contributed by atoms with Crippen LogP contribution in [0.25, 0.3) is 0 Å². The average Bonchev–Trinajstić information content (AvgIpc) is 2.03. The highest BCUT2D eigenvalue weighted by Crippen LogP contribution is 1.89. The molecule has 0 aliphatic heterocycles. The Hall–Kier alpha value is -0.990. The Balaban J connectivity index is 3.99. The molecular weight excluding hydrogens is 160 g/mol. The van der Waals surface area contributed by atoms with E-state index in [0.717, 1.165) is 5.70 Å². The maximum atomic E-state index is 5.19. The smallest absolute Gasteiger partial charge is 0.0494 e. The van der Waals surface area contributed by atoms with Crippen LogP contribution in [0.4, 0.5) is 0 Å². The SMILES string of the molecule is C=C/C=C\C=C(/C=C)NNCl. The van der Waals surface area contributed by atoms with Crippen LogP contribution in [0, 0.1) is 0 Å². The van der Waals surface area contributed by atoms with Crippen LogP contribution in [-0.2, 0) is 0 Å². The van der Waals surface area contributed by atoms with Crippen molar-refractivity contribution in [3.63, 3.8) is 0 Å². The van der Waals surface area contributed by atoms with Crippen molar-refractivity contribution < 1.29 is 0 Å². The molecule has 0 bridgehead atoms. The summed E-state index contributed by atoms with van der Waals surface area (Å²) in [5, 5.41) is 0. The van der Waals surface area contributed by atoms with E-state index >= 15 is 0 Å². The van der Waals surface area contributed by atoms with E-state index in [9.17, 15) is 0 Å². The first-order valence-corrected chi connectivity index (χ1v) is 3.46. The number of hydrogen-bond donors (Lipinski definition) is 2. The van der Waals surface area contributed by atoms with Crippen molar-refractivity contribution >= 4 is 11.8 Å². The van der Waals surface area contributed by atoms with Crippen molar-refractivity contribution in [3.05, 3.63) is 49.2 Å². The number of allylic oxidation sites excluding steroid dienone is 5. The van der Waals surface area contributed by atoms with Crippen LogP contribution in [0.3, 0.4) is 0 Å². The van der Waals surface area contributed by atoms with Gasteiger partial charge in [-0.15, -0.1) is 4.94 Å². The van der Waals surface area contributed by atoms with E-state index in [1.807, 2.05) is 12.2 Å². The first kappa shape index (κ1) is 10.0. The van der Waals surface area contributed by atoms with Crippen LogP contribution in [0.1, 0.15) is 0 Å². The van der Waals surface area contributed by atoms with Gasteiger partial charge in [0.25, 0.3) is 0 Å². The van der Waals surface area contributed by atoms with Crippen LogP contribution in [0.2, 0.25) is 0 Å². The van der Waals surface area contributed by atoms with Gasteiger partial charge in [0.1, 0.15) is 0 Å². The third kappa shape index (κ3) is 5.45. The Labute approximate surface area is 72.0 Å². The Morgan fingerprint density at radius 2 is 2.00 bits per heavy atom. The molecule has 0 aromatic rings. The van der Waals surface area contributed by atoms with Crippen LogP contribution >= 0.6 is 11.8 Å². The second kappa shape index (κ2) is 7.12. The average molecular weight is 171 g/mol. The van der Waals surface area contributed by atoms with E-state index in [0.29, 0.717) is 0 Å². The molecule has 0 aliphatic rings. The Morgan fingerprint density at radius 1 is 1.27 bits per heavy atom. The van der Waals surface area contributed by atoms with E-state index in [1.54, 1.807) is 18.2 Å². The lowest BCUT2D eigenvalue weighted by Crippen LogP contribution is -2.20. The first-order chi connectivity index (χ1) is 5.35. The summed E-state index contributed by atoms with van der Waals surface area (Å²) in [7, 11) is 0. The molecule has 2 N–H and O–H groups in total. The zero-order chi connectivity index (χ0) is 8.53. The van der Waals surface area contributed by atoms with Gasteiger partial charge in [-0.25, -0.2) is 0 Å². The molecule has 0 aromatic carbocycles. The van der Waals surface area contributed by atoms with Gasteiger partial charge in [-0.3, -0.25) is 0 Å². The maximum Gasteiger partial charge on any atom is 0.0494 e. The van der Waals surface area contributed by atoms with Gasteiger partial charge in [0, 0.05) is 5.70 Å². The van der Waals surface area contributed by atoms with Gasteiger partial charge in [0.15, 0.2) is 0 Å². The standard InChI is InChI=1S/C8H11ClN2/c1-3-5-6-7-8(4-2)10-11-9/h3-7,10-11H,1-2H2/b6-5-,8-7+. The van der Waals surface area contributed by atoms with Gasteiger partial charge >= 0.3 is 0 Å².